The first kappa shape index (κ1) is 31.7. The molecule has 0 saturated heterocycles. The molecular formula is C31H36N6O7S. The van der Waals surface area contributed by atoms with E-state index in [9.17, 15) is 18.0 Å². The van der Waals surface area contributed by atoms with Crippen LogP contribution >= 0.6 is 0 Å². The summed E-state index contributed by atoms with van der Waals surface area (Å²) in [6.45, 7) is 3.25. The number of nitrogens with one attached hydrogen (secondary N) is 2. The number of hydrogen-bond donors (Lipinski definition) is 2. The maximum absolute atomic E-state index is 13.8. The van der Waals surface area contributed by atoms with Gasteiger partial charge < -0.3 is 29.2 Å². The van der Waals surface area contributed by atoms with Gasteiger partial charge in [-0.2, -0.15) is 4.31 Å². The summed E-state index contributed by atoms with van der Waals surface area (Å²) in [5.41, 5.74) is 1.80. The minimum absolute atomic E-state index is 0.0538. The zero-order valence-electron chi connectivity index (χ0n) is 25.4. The molecule has 3 heterocycles. The van der Waals surface area contributed by atoms with Crippen LogP contribution in [0.3, 0.4) is 0 Å². The van der Waals surface area contributed by atoms with Crippen LogP contribution in [-0.4, -0.2) is 78.6 Å². The Labute approximate surface area is 261 Å². The first-order chi connectivity index (χ1) is 21.7. The number of aromatic nitrogens is 3. The number of imidazole rings is 1. The number of ether oxygens (including phenoxy) is 2. The van der Waals surface area contributed by atoms with E-state index in [1.54, 1.807) is 18.3 Å². The molecule has 1 atom stereocenters. The SMILES string of the molecule is COc1ccc2cc1OCCCN(S(=O)(=O)c1c(C)noc1C)CC(=O)N[C@@H](Cc1ccccc1)C(=O)NCCn1ccnc1-2. The van der Waals surface area contributed by atoms with Gasteiger partial charge in [-0.15, -0.1) is 0 Å². The second kappa shape index (κ2) is 13.9. The number of rotatable bonds is 5. The number of carbonyl (C=O) groups is 2. The number of amides is 2. The fourth-order valence-electron chi connectivity index (χ4n) is 5.24. The molecule has 13 nitrogen and oxygen atoms in total. The molecule has 2 aromatic heterocycles. The smallest absolute Gasteiger partial charge is 0.248 e. The van der Waals surface area contributed by atoms with Crippen LogP contribution in [0, 0.1) is 13.8 Å². The number of hydrogen-bond acceptors (Lipinski definition) is 9. The van der Waals surface area contributed by atoms with Crippen molar-refractivity contribution in [2.24, 2.45) is 0 Å². The number of benzene rings is 2. The van der Waals surface area contributed by atoms with Gasteiger partial charge in [-0.1, -0.05) is 35.5 Å². The van der Waals surface area contributed by atoms with E-state index in [-0.39, 0.29) is 48.9 Å². The maximum Gasteiger partial charge on any atom is 0.248 e. The molecular weight excluding hydrogens is 600 g/mol. The van der Waals surface area contributed by atoms with E-state index >= 15 is 0 Å². The fourth-order valence-corrected chi connectivity index (χ4v) is 6.97. The zero-order chi connectivity index (χ0) is 32.0. The molecule has 0 fully saturated rings. The predicted molar refractivity (Wildman–Crippen MR) is 164 cm³/mol. The Bertz CT molecular complexity index is 1730. The molecule has 1 aliphatic heterocycles. The summed E-state index contributed by atoms with van der Waals surface area (Å²) in [4.78, 5) is 31.3. The van der Waals surface area contributed by atoms with E-state index in [4.69, 9.17) is 14.0 Å². The van der Waals surface area contributed by atoms with Crippen molar-refractivity contribution < 1.29 is 32.0 Å². The molecule has 0 radical (unpaired) electrons. The topological polar surface area (TPSA) is 158 Å². The number of nitrogens with zero attached hydrogens (tertiary/aromatic N) is 4. The molecule has 238 valence electrons. The Morgan fingerprint density at radius 3 is 2.62 bits per heavy atom. The van der Waals surface area contributed by atoms with Crippen LogP contribution in [0.1, 0.15) is 23.4 Å². The summed E-state index contributed by atoms with van der Waals surface area (Å²) in [7, 11) is -2.67. The number of fused-ring (bicyclic) bond motifs is 4. The highest BCUT2D eigenvalue weighted by molar-refractivity contribution is 7.89. The van der Waals surface area contributed by atoms with Crippen LogP contribution in [0.15, 0.2) is 70.3 Å². The third-order valence-corrected chi connectivity index (χ3v) is 9.51. The molecule has 0 saturated carbocycles. The van der Waals surface area contributed by atoms with Crippen molar-refractivity contribution in [3.05, 3.63) is 77.9 Å². The van der Waals surface area contributed by atoms with Gasteiger partial charge in [-0.05, 0) is 44.0 Å². The van der Waals surface area contributed by atoms with Gasteiger partial charge >= 0.3 is 0 Å². The van der Waals surface area contributed by atoms with Crippen molar-refractivity contribution >= 4 is 21.8 Å². The lowest BCUT2D eigenvalue weighted by molar-refractivity contribution is -0.129. The summed E-state index contributed by atoms with van der Waals surface area (Å²) in [6.07, 6.45) is 3.96. The van der Waals surface area contributed by atoms with Gasteiger partial charge in [-0.3, -0.25) is 9.59 Å². The summed E-state index contributed by atoms with van der Waals surface area (Å²) in [5.74, 6) is 0.724. The molecule has 1 aliphatic rings. The molecule has 0 spiro atoms. The fraction of sp³-hybridized carbons (Fsp3) is 0.355. The van der Waals surface area contributed by atoms with Gasteiger partial charge in [0.05, 0.1) is 20.3 Å². The van der Waals surface area contributed by atoms with Gasteiger partial charge in [0.2, 0.25) is 21.8 Å². The van der Waals surface area contributed by atoms with Crippen LogP contribution in [-0.2, 0) is 32.6 Å². The highest BCUT2D eigenvalue weighted by Gasteiger charge is 2.33. The quantitative estimate of drug-likeness (QED) is 0.336. The Morgan fingerprint density at radius 1 is 1.09 bits per heavy atom. The highest BCUT2D eigenvalue weighted by atomic mass is 32.2. The Morgan fingerprint density at radius 2 is 1.89 bits per heavy atom. The minimum Gasteiger partial charge on any atom is -0.493 e. The van der Waals surface area contributed by atoms with Crippen LogP contribution in [0.2, 0.25) is 0 Å². The first-order valence-electron chi connectivity index (χ1n) is 14.5. The lowest BCUT2D eigenvalue weighted by Crippen LogP contribution is -2.51. The third-order valence-electron chi connectivity index (χ3n) is 7.42. The minimum atomic E-state index is -4.20. The average molecular weight is 637 g/mol. The van der Waals surface area contributed by atoms with E-state index in [0.717, 1.165) is 15.4 Å². The lowest BCUT2D eigenvalue weighted by Gasteiger charge is -2.24. The second-order valence-electron chi connectivity index (χ2n) is 10.6. The molecule has 45 heavy (non-hydrogen) atoms. The molecule has 4 aromatic rings. The summed E-state index contributed by atoms with van der Waals surface area (Å²) in [5, 5.41) is 9.47. The van der Waals surface area contributed by atoms with Crippen LogP contribution in [0.4, 0.5) is 0 Å². The van der Waals surface area contributed by atoms with Crippen LogP contribution in [0.5, 0.6) is 11.5 Å². The monoisotopic (exact) mass is 636 g/mol. The van der Waals surface area contributed by atoms with Crippen molar-refractivity contribution in [3.63, 3.8) is 0 Å². The molecule has 14 heteroatoms. The van der Waals surface area contributed by atoms with Crippen molar-refractivity contribution in [2.45, 2.75) is 44.2 Å². The Hall–Kier alpha value is -4.69. The number of carbonyl (C=O) groups excluding carboxylic acids is 2. The van der Waals surface area contributed by atoms with Crippen LogP contribution < -0.4 is 20.1 Å². The van der Waals surface area contributed by atoms with Crippen molar-refractivity contribution in [1.29, 1.82) is 0 Å². The largest absolute Gasteiger partial charge is 0.493 e. The van der Waals surface area contributed by atoms with Gasteiger partial charge in [0.25, 0.3) is 0 Å². The van der Waals surface area contributed by atoms with E-state index in [0.29, 0.717) is 23.9 Å². The summed E-state index contributed by atoms with van der Waals surface area (Å²) in [6, 6.07) is 13.8. The second-order valence-corrected chi connectivity index (χ2v) is 12.5. The van der Waals surface area contributed by atoms with E-state index in [1.807, 2.05) is 47.2 Å². The third kappa shape index (κ3) is 7.35. The standard InChI is InChI=1S/C31H36N6O7S/c1-21-29(22(2)44-35-21)45(40,41)37-14-7-17-43-27-19-24(10-11-26(27)42-3)30-32-12-15-36(30)16-13-33-31(39)25(34-28(38)20-37)18-23-8-5-4-6-9-23/h4-6,8-12,15,19,25H,7,13-14,16-18,20H2,1-3H3,(H,33,39)(H,34,38)/t25-/m0/s1. The van der Waals surface area contributed by atoms with Crippen molar-refractivity contribution in [1.82, 2.24) is 29.6 Å². The summed E-state index contributed by atoms with van der Waals surface area (Å²) >= 11 is 0. The average Bonchev–Trinajstić information content (AvgIpc) is 3.63. The molecule has 2 bridgehead atoms. The van der Waals surface area contributed by atoms with E-state index < -0.39 is 34.4 Å². The van der Waals surface area contributed by atoms with Crippen LogP contribution in [0.25, 0.3) is 11.4 Å². The van der Waals surface area contributed by atoms with Crippen molar-refractivity contribution in [2.75, 3.05) is 33.4 Å². The highest BCUT2D eigenvalue weighted by Crippen LogP contribution is 2.32. The van der Waals surface area contributed by atoms with Gasteiger partial charge in [0, 0.05) is 44.0 Å². The molecule has 0 aliphatic carbocycles. The van der Waals surface area contributed by atoms with E-state index in [1.165, 1.54) is 21.0 Å². The summed E-state index contributed by atoms with van der Waals surface area (Å²) < 4.78 is 47.3. The number of sulfonamides is 1. The first-order valence-corrected chi connectivity index (χ1v) is 16.0. The molecule has 0 unspecified atom stereocenters. The molecule has 5 rings (SSSR count). The molecule has 2 aromatic carbocycles. The Balaban J connectivity index is 1.48. The van der Waals surface area contributed by atoms with E-state index in [2.05, 4.69) is 20.8 Å². The molecule has 2 amide bonds. The van der Waals surface area contributed by atoms with Gasteiger partial charge in [-0.25, -0.2) is 13.4 Å². The lowest BCUT2D eigenvalue weighted by atomic mass is 10.1. The van der Waals surface area contributed by atoms with Gasteiger partial charge in [0.15, 0.2) is 17.3 Å². The Kier molecular flexibility index (Phi) is 9.83. The number of aryl methyl sites for hydroxylation is 2. The molecule has 2 N–H and O–H groups in total. The predicted octanol–water partition coefficient (Wildman–Crippen LogP) is 2.48. The maximum atomic E-state index is 13.8. The van der Waals surface area contributed by atoms with Crippen molar-refractivity contribution in [3.8, 4) is 22.9 Å². The normalized spacial score (nSPS) is 17.3. The number of methoxy groups -OCH3 is 1. The van der Waals surface area contributed by atoms with Gasteiger partial charge in [0.1, 0.15) is 22.5 Å². The zero-order valence-corrected chi connectivity index (χ0v) is 26.2.